The van der Waals surface area contributed by atoms with Crippen molar-refractivity contribution in [2.75, 3.05) is 26.2 Å². The second kappa shape index (κ2) is 11.9. The molecule has 30 heavy (non-hydrogen) atoms. The molecule has 0 radical (unpaired) electrons. The Labute approximate surface area is 178 Å². The van der Waals surface area contributed by atoms with Crippen molar-refractivity contribution in [2.24, 2.45) is 4.99 Å². The fourth-order valence-electron chi connectivity index (χ4n) is 3.59. The Morgan fingerprint density at radius 1 is 1.20 bits per heavy atom. The number of carbonyl (C=O) groups excluding carboxylic acids is 1. The lowest BCUT2D eigenvalue weighted by molar-refractivity contribution is -0.130. The molecule has 0 unspecified atom stereocenters. The van der Waals surface area contributed by atoms with E-state index in [0.717, 1.165) is 63.4 Å². The van der Waals surface area contributed by atoms with E-state index in [1.807, 2.05) is 9.58 Å². The summed E-state index contributed by atoms with van der Waals surface area (Å²) in [5, 5.41) is 10.8. The smallest absolute Gasteiger partial charge is 0.222 e. The number of nitrogens with zero attached hydrogens (tertiary/aromatic N) is 5. The summed E-state index contributed by atoms with van der Waals surface area (Å²) in [6, 6.07) is 8.38. The van der Waals surface area contributed by atoms with Crippen LogP contribution in [-0.4, -0.2) is 57.7 Å². The molecule has 2 aromatic rings. The van der Waals surface area contributed by atoms with Crippen LogP contribution >= 0.6 is 0 Å². The van der Waals surface area contributed by atoms with E-state index < -0.39 is 0 Å². The molecule has 8 nitrogen and oxygen atoms in total. The summed E-state index contributed by atoms with van der Waals surface area (Å²) in [6.45, 7) is 6.68. The fraction of sp³-hybridized carbons (Fsp3) is 0.545. The number of aromatic nitrogens is 3. The Bertz CT molecular complexity index is 804. The number of nitrogens with one attached hydrogen (secondary N) is 2. The minimum absolute atomic E-state index is 0.304. The molecule has 0 bridgehead atoms. The Kier molecular flexibility index (Phi) is 8.68. The zero-order chi connectivity index (χ0) is 21.0. The molecule has 2 N–H and O–H groups in total. The second-order valence-electron chi connectivity index (χ2n) is 7.58. The molecule has 0 atom stereocenters. The van der Waals surface area contributed by atoms with Crippen molar-refractivity contribution in [1.29, 1.82) is 0 Å². The maximum Gasteiger partial charge on any atom is 0.222 e. The lowest BCUT2D eigenvalue weighted by atomic mass is 10.1. The SMILES string of the molecule is CCNC(=NCc1cccc(Cn2cncn2)c1)NCCCN1CCCCCC1=O. The minimum Gasteiger partial charge on any atom is -0.357 e. The molecule has 162 valence electrons. The summed E-state index contributed by atoms with van der Waals surface area (Å²) in [7, 11) is 0. The molecule has 1 amide bonds. The predicted octanol–water partition coefficient (Wildman–Crippen LogP) is 2.17. The van der Waals surface area contributed by atoms with Gasteiger partial charge in [0, 0.05) is 32.6 Å². The monoisotopic (exact) mass is 411 g/mol. The summed E-state index contributed by atoms with van der Waals surface area (Å²) in [5.41, 5.74) is 2.33. The van der Waals surface area contributed by atoms with Crippen LogP contribution in [0, 0.1) is 0 Å². The molecule has 0 aliphatic carbocycles. The number of rotatable bonds is 9. The van der Waals surface area contributed by atoms with Gasteiger partial charge in [-0.3, -0.25) is 4.79 Å². The highest BCUT2D eigenvalue weighted by molar-refractivity contribution is 5.79. The number of hydrogen-bond donors (Lipinski definition) is 2. The van der Waals surface area contributed by atoms with E-state index in [-0.39, 0.29) is 0 Å². The first-order chi connectivity index (χ1) is 14.7. The predicted molar refractivity (Wildman–Crippen MR) is 118 cm³/mol. The zero-order valence-electron chi connectivity index (χ0n) is 17.9. The van der Waals surface area contributed by atoms with Crippen LogP contribution in [-0.2, 0) is 17.9 Å². The van der Waals surface area contributed by atoms with Gasteiger partial charge in [-0.2, -0.15) is 5.10 Å². The Hall–Kier alpha value is -2.90. The third-order valence-corrected chi connectivity index (χ3v) is 5.14. The third kappa shape index (κ3) is 7.17. The summed E-state index contributed by atoms with van der Waals surface area (Å²) >= 11 is 0. The van der Waals surface area contributed by atoms with Gasteiger partial charge in [-0.05, 0) is 37.3 Å². The molecule has 1 aliphatic heterocycles. The molecule has 2 heterocycles. The molecule has 3 rings (SSSR count). The van der Waals surface area contributed by atoms with Crippen molar-refractivity contribution >= 4 is 11.9 Å². The minimum atomic E-state index is 0.304. The van der Waals surface area contributed by atoms with Crippen LogP contribution in [0.25, 0.3) is 0 Å². The van der Waals surface area contributed by atoms with Crippen molar-refractivity contribution in [1.82, 2.24) is 30.3 Å². The van der Waals surface area contributed by atoms with Crippen molar-refractivity contribution in [2.45, 2.75) is 52.1 Å². The van der Waals surface area contributed by atoms with E-state index in [0.29, 0.717) is 25.4 Å². The quantitative estimate of drug-likeness (QED) is 0.375. The van der Waals surface area contributed by atoms with Crippen molar-refractivity contribution in [3.63, 3.8) is 0 Å². The van der Waals surface area contributed by atoms with Crippen LogP contribution in [0.4, 0.5) is 0 Å². The first kappa shape index (κ1) is 21.8. The molecule has 1 aromatic heterocycles. The number of carbonyl (C=O) groups is 1. The van der Waals surface area contributed by atoms with Crippen molar-refractivity contribution < 1.29 is 4.79 Å². The van der Waals surface area contributed by atoms with E-state index in [1.54, 1.807) is 12.7 Å². The third-order valence-electron chi connectivity index (χ3n) is 5.14. The lowest BCUT2D eigenvalue weighted by Crippen LogP contribution is -2.39. The highest BCUT2D eigenvalue weighted by Gasteiger charge is 2.15. The van der Waals surface area contributed by atoms with Gasteiger partial charge in [0.1, 0.15) is 12.7 Å². The standard InChI is InChI=1S/C22H33N7O/c1-2-24-22(25-11-7-13-28-12-5-3-4-10-21(28)30)26-15-19-8-6-9-20(14-19)16-29-18-23-17-27-29/h6,8-9,14,17-18H,2-5,7,10-13,15-16H2,1H3,(H2,24,25,26). The summed E-state index contributed by atoms with van der Waals surface area (Å²) in [5.74, 6) is 1.11. The van der Waals surface area contributed by atoms with Crippen LogP contribution in [0.3, 0.4) is 0 Å². The van der Waals surface area contributed by atoms with Crippen LogP contribution in [0.5, 0.6) is 0 Å². The highest BCUT2D eigenvalue weighted by Crippen LogP contribution is 2.11. The number of aliphatic imine (C=N–C) groups is 1. The maximum absolute atomic E-state index is 12.1. The molecule has 0 saturated carbocycles. The van der Waals surface area contributed by atoms with Gasteiger partial charge in [0.25, 0.3) is 0 Å². The Morgan fingerprint density at radius 3 is 2.93 bits per heavy atom. The van der Waals surface area contributed by atoms with Crippen LogP contribution in [0.1, 0.15) is 50.2 Å². The van der Waals surface area contributed by atoms with E-state index in [4.69, 9.17) is 4.99 Å². The molecule has 0 spiro atoms. The highest BCUT2D eigenvalue weighted by atomic mass is 16.2. The second-order valence-corrected chi connectivity index (χ2v) is 7.58. The zero-order valence-corrected chi connectivity index (χ0v) is 17.9. The van der Waals surface area contributed by atoms with Gasteiger partial charge in [-0.1, -0.05) is 30.7 Å². The molecular weight excluding hydrogens is 378 g/mol. The van der Waals surface area contributed by atoms with Gasteiger partial charge < -0.3 is 15.5 Å². The van der Waals surface area contributed by atoms with Gasteiger partial charge in [-0.15, -0.1) is 0 Å². The summed E-state index contributed by atoms with van der Waals surface area (Å²) < 4.78 is 1.81. The summed E-state index contributed by atoms with van der Waals surface area (Å²) in [6.07, 6.45) is 8.21. The largest absolute Gasteiger partial charge is 0.357 e. The molecular formula is C22H33N7O. The molecule has 1 saturated heterocycles. The lowest BCUT2D eigenvalue weighted by Gasteiger charge is -2.20. The van der Waals surface area contributed by atoms with E-state index >= 15 is 0 Å². The number of guanidine groups is 1. The van der Waals surface area contributed by atoms with Crippen LogP contribution < -0.4 is 10.6 Å². The topological polar surface area (TPSA) is 87.4 Å². The molecule has 1 fully saturated rings. The van der Waals surface area contributed by atoms with E-state index in [1.165, 1.54) is 5.56 Å². The Morgan fingerprint density at radius 2 is 2.10 bits per heavy atom. The average molecular weight is 412 g/mol. The average Bonchev–Trinajstić information content (AvgIpc) is 3.17. The van der Waals surface area contributed by atoms with Crippen LogP contribution in [0.2, 0.25) is 0 Å². The van der Waals surface area contributed by atoms with Crippen molar-refractivity contribution in [3.05, 3.63) is 48.0 Å². The van der Waals surface area contributed by atoms with Gasteiger partial charge in [0.15, 0.2) is 5.96 Å². The van der Waals surface area contributed by atoms with Gasteiger partial charge in [0.2, 0.25) is 5.91 Å². The maximum atomic E-state index is 12.1. The summed E-state index contributed by atoms with van der Waals surface area (Å²) in [4.78, 5) is 22.8. The van der Waals surface area contributed by atoms with Gasteiger partial charge >= 0.3 is 0 Å². The molecule has 8 heteroatoms. The van der Waals surface area contributed by atoms with Gasteiger partial charge in [-0.25, -0.2) is 14.7 Å². The Balaban J connectivity index is 1.47. The first-order valence-corrected chi connectivity index (χ1v) is 10.9. The number of benzene rings is 1. The van der Waals surface area contributed by atoms with Crippen LogP contribution in [0.15, 0.2) is 41.9 Å². The van der Waals surface area contributed by atoms with Gasteiger partial charge in [0.05, 0.1) is 13.1 Å². The number of likely N-dealkylation sites (tertiary alicyclic amines) is 1. The van der Waals surface area contributed by atoms with E-state index in [2.05, 4.69) is 51.9 Å². The molecule has 1 aromatic carbocycles. The normalized spacial score (nSPS) is 15.2. The number of amides is 1. The fourth-order valence-corrected chi connectivity index (χ4v) is 3.59. The number of hydrogen-bond acceptors (Lipinski definition) is 4. The van der Waals surface area contributed by atoms with Crippen molar-refractivity contribution in [3.8, 4) is 0 Å². The first-order valence-electron chi connectivity index (χ1n) is 10.9. The van der Waals surface area contributed by atoms with E-state index in [9.17, 15) is 4.79 Å². The molecule has 1 aliphatic rings.